The maximum atomic E-state index is 14.6. The third-order valence-corrected chi connectivity index (χ3v) is 15.1. The van der Waals surface area contributed by atoms with E-state index in [1.54, 1.807) is 12.1 Å². The molecule has 24 heteroatoms. The predicted octanol–water partition coefficient (Wildman–Crippen LogP) is -0.395. The first-order valence-electron chi connectivity index (χ1n) is 27.8. The van der Waals surface area contributed by atoms with Gasteiger partial charge < -0.3 is 72.2 Å². The third kappa shape index (κ3) is 15.6. The minimum absolute atomic E-state index is 0.0767. The van der Waals surface area contributed by atoms with E-state index in [1.165, 1.54) is 43.3 Å². The molecule has 3 saturated heterocycles. The first-order valence-corrected chi connectivity index (χ1v) is 27.8. The van der Waals surface area contributed by atoms with E-state index in [0.29, 0.717) is 17.2 Å². The van der Waals surface area contributed by atoms with Crippen LogP contribution in [0.4, 0.5) is 0 Å². The van der Waals surface area contributed by atoms with Gasteiger partial charge in [-0.15, -0.1) is 0 Å². The smallest absolute Gasteiger partial charge is 0.264 e. The van der Waals surface area contributed by atoms with E-state index in [1.807, 2.05) is 48.5 Å². The van der Waals surface area contributed by atoms with Gasteiger partial charge in [0.2, 0.25) is 29.5 Å². The maximum absolute atomic E-state index is 14.6. The molecule has 12 atom stereocenters. The molecule has 3 aliphatic heterocycles. The highest BCUT2D eigenvalue weighted by Gasteiger charge is 2.50. The molecule has 3 heterocycles. The minimum atomic E-state index is -1.97. The van der Waals surface area contributed by atoms with Crippen LogP contribution in [0.25, 0.3) is 22.3 Å². The zero-order valence-electron chi connectivity index (χ0n) is 46.7. The van der Waals surface area contributed by atoms with Crippen LogP contribution in [0.2, 0.25) is 0 Å². The van der Waals surface area contributed by atoms with Crippen molar-refractivity contribution in [3.63, 3.8) is 0 Å². The summed E-state index contributed by atoms with van der Waals surface area (Å²) in [4.78, 5) is 116. The van der Waals surface area contributed by atoms with Crippen LogP contribution >= 0.6 is 0 Å². The number of nitrogens with two attached hydrogens (primary N) is 1. The predicted molar refractivity (Wildman–Crippen MR) is 301 cm³/mol. The van der Waals surface area contributed by atoms with Crippen LogP contribution in [0.5, 0.6) is 11.5 Å². The summed E-state index contributed by atoms with van der Waals surface area (Å²) in [5.41, 5.74) is 12.1. The number of unbranched alkanes of at least 4 members (excludes halogenated alkanes) is 2. The fraction of sp³-hybridized carbons (Fsp3) is 0.458. The molecule has 13 N–H and O–H groups in total. The number of fused-ring (bicyclic) bond motifs is 2. The van der Waals surface area contributed by atoms with Crippen molar-refractivity contribution in [2.75, 3.05) is 32.8 Å². The lowest BCUT2D eigenvalue weighted by Crippen LogP contribution is -2.64. The van der Waals surface area contributed by atoms with Gasteiger partial charge in [-0.25, -0.2) is 0 Å². The van der Waals surface area contributed by atoms with Crippen molar-refractivity contribution >= 4 is 47.3 Å². The molecule has 0 bridgehead atoms. The summed E-state index contributed by atoms with van der Waals surface area (Å²) in [6.07, 6.45) is -6.28. The Kier molecular flexibility index (Phi) is 21.4. The van der Waals surface area contributed by atoms with Crippen molar-refractivity contribution in [1.29, 1.82) is 0 Å². The lowest BCUT2D eigenvalue weighted by atomic mass is 9.99. The maximum Gasteiger partial charge on any atom is 0.264 e. The van der Waals surface area contributed by atoms with Crippen molar-refractivity contribution in [1.82, 2.24) is 41.5 Å². The van der Waals surface area contributed by atoms with E-state index in [0.717, 1.165) is 70.9 Å². The molecule has 8 amide bonds. The molecule has 3 fully saturated rings. The quantitative estimate of drug-likeness (QED) is 0.0674. The van der Waals surface area contributed by atoms with E-state index in [2.05, 4.69) is 33.6 Å². The molecule has 4 aromatic carbocycles. The number of phenols is 1. The fourth-order valence-electron chi connectivity index (χ4n) is 10.3. The average molecular weight is 1150 g/mol. The number of aliphatic hydroxyl groups excluding tert-OH is 5. The van der Waals surface area contributed by atoms with Crippen molar-refractivity contribution in [3.8, 4) is 33.8 Å². The molecule has 0 aromatic heterocycles. The van der Waals surface area contributed by atoms with Crippen LogP contribution in [0.3, 0.4) is 0 Å². The van der Waals surface area contributed by atoms with Gasteiger partial charge in [0.05, 0.1) is 43.7 Å². The highest BCUT2D eigenvalue weighted by atomic mass is 16.5. The van der Waals surface area contributed by atoms with Gasteiger partial charge in [-0.3, -0.25) is 48.8 Å². The summed E-state index contributed by atoms with van der Waals surface area (Å²) >= 11 is 0. The molecule has 0 aliphatic carbocycles. The zero-order valence-corrected chi connectivity index (χ0v) is 46.7. The number of hydrogen-bond donors (Lipinski definition) is 12. The summed E-state index contributed by atoms with van der Waals surface area (Å²) < 4.78 is 5.85. The van der Waals surface area contributed by atoms with Crippen LogP contribution < -0.4 is 37.2 Å². The fourth-order valence-corrected chi connectivity index (χ4v) is 10.3. The number of ether oxygens (including phenoxy) is 1. The molecule has 0 radical (unpaired) electrons. The van der Waals surface area contributed by atoms with Crippen molar-refractivity contribution < 1.29 is 73.7 Å². The number of amides is 8. The molecule has 0 saturated carbocycles. The van der Waals surface area contributed by atoms with E-state index in [-0.39, 0.29) is 24.3 Å². The molecule has 7 rings (SSSR count). The van der Waals surface area contributed by atoms with Crippen LogP contribution in [0.1, 0.15) is 75.7 Å². The Morgan fingerprint density at radius 2 is 1.24 bits per heavy atom. The number of nitrogens with zero attached hydrogens (tertiary/aromatic N) is 3. The van der Waals surface area contributed by atoms with Gasteiger partial charge in [-0.2, -0.15) is 0 Å². The molecule has 446 valence electrons. The molecular formula is C59H75N9O15. The molecule has 3 aliphatic rings. The largest absolute Gasteiger partial charge is 0.508 e. The number of benzene rings is 4. The minimum Gasteiger partial charge on any atom is -0.508 e. The van der Waals surface area contributed by atoms with Gasteiger partial charge in [0.25, 0.3) is 17.7 Å². The van der Waals surface area contributed by atoms with E-state index < -0.39 is 152 Å². The van der Waals surface area contributed by atoms with Crippen LogP contribution in [0.15, 0.2) is 97.1 Å². The number of carbonyl (C=O) groups excluding carboxylic acids is 8. The number of rotatable bonds is 15. The highest BCUT2D eigenvalue weighted by molar-refractivity contribution is 6.00. The molecule has 24 nitrogen and oxygen atoms in total. The van der Waals surface area contributed by atoms with Gasteiger partial charge in [0.15, 0.2) is 0 Å². The van der Waals surface area contributed by atoms with Crippen LogP contribution in [-0.4, -0.2) is 192 Å². The SMILES string of the molecule is CCCCCOc1ccc(-c2ccc(-c3ccc(C(=O)N[C@H]4CCN(C(=O)CN)NC(=O)[C@@H]5[C@@H](O)[C@@H](C)CN5C(=O)[C@H](C(C)O)NC(=O)[C@H]([C@H](O)Cc5ccc(O)cc5)NC(=O)[C@@H]5C[C@@H](O)CN5C(=O)[C@H](C(C)O)NC4=O)cc3)cc2)cc1. The van der Waals surface area contributed by atoms with E-state index >= 15 is 0 Å². The number of carbonyl (C=O) groups is 8. The Labute approximate surface area is 480 Å². The van der Waals surface area contributed by atoms with Crippen LogP contribution in [0, 0.1) is 5.92 Å². The molecular weight excluding hydrogens is 1070 g/mol. The highest BCUT2D eigenvalue weighted by Crippen LogP contribution is 2.29. The second-order valence-electron chi connectivity index (χ2n) is 21.5. The van der Waals surface area contributed by atoms with Gasteiger partial charge in [-0.1, -0.05) is 87.4 Å². The zero-order chi connectivity index (χ0) is 60.2. The Morgan fingerprint density at radius 1 is 0.699 bits per heavy atom. The number of nitrogens with one attached hydrogen (secondary N) is 5. The monoisotopic (exact) mass is 1150 g/mol. The number of hydrazine groups is 1. The molecule has 2 unspecified atom stereocenters. The molecule has 4 aromatic rings. The number of hydrogen-bond acceptors (Lipinski definition) is 16. The summed E-state index contributed by atoms with van der Waals surface area (Å²) in [5.74, 6) is -8.58. The Morgan fingerprint density at radius 3 is 1.81 bits per heavy atom. The van der Waals surface area contributed by atoms with E-state index in [4.69, 9.17) is 10.5 Å². The first kappa shape index (κ1) is 62.6. The first-order chi connectivity index (χ1) is 39.6. The second kappa shape index (κ2) is 28.3. The standard InChI is InChI=1S/C59H75N9O15/c1-5-6-7-26-83-43-22-18-39(19-23-43)37-12-10-36(11-13-37)38-14-16-40(17-15-38)53(76)61-44-24-25-68(47(74)29-60)65-57(80)51-52(75)32(2)30-67(51)59(82)49(34(4)70)63-56(79)50(46(73)27-35-8-20-41(71)21-9-35)64-55(78)45-28-42(72)31-66(45)58(81)48(33(3)69)62-54(44)77/h8-23,32-34,42,44-46,48-52,69-73,75H,5-7,24-31,60H2,1-4H3,(H,61,76)(H,62,77)(H,63,79)(H,64,78)(H,65,80)/t32-,33?,34?,42+,44-,45-,46+,48-,49-,50-,51-,52-/m0/s1. The van der Waals surface area contributed by atoms with Gasteiger partial charge >= 0.3 is 0 Å². The number of phenolic OH excluding ortho intramolecular Hbond substituents is 1. The van der Waals surface area contributed by atoms with E-state index in [9.17, 15) is 69.0 Å². The van der Waals surface area contributed by atoms with Gasteiger partial charge in [0.1, 0.15) is 47.8 Å². The summed E-state index contributed by atoms with van der Waals surface area (Å²) in [7, 11) is 0. The lowest BCUT2D eigenvalue weighted by Gasteiger charge is -2.33. The Balaban J connectivity index is 1.19. The second-order valence-corrected chi connectivity index (χ2v) is 21.5. The van der Waals surface area contributed by atoms with Gasteiger partial charge in [-0.05, 0) is 90.9 Å². The summed E-state index contributed by atoms with van der Waals surface area (Å²) in [6, 6.07) is 16.7. The average Bonchev–Trinajstić information content (AvgIpc) is 4.28. The lowest BCUT2D eigenvalue weighted by molar-refractivity contribution is -0.150. The molecule has 0 spiro atoms. The molecule has 83 heavy (non-hydrogen) atoms. The summed E-state index contributed by atoms with van der Waals surface area (Å²) in [6.45, 7) is 4.50. The number of aromatic hydroxyl groups is 1. The summed E-state index contributed by atoms with van der Waals surface area (Å²) in [5, 5.41) is 76.7. The Bertz CT molecular complexity index is 2930. The Hall–Kier alpha value is -8.00. The number of aliphatic hydroxyl groups is 5. The normalized spacial score (nSPS) is 25.1. The third-order valence-electron chi connectivity index (χ3n) is 15.1. The van der Waals surface area contributed by atoms with Crippen molar-refractivity contribution in [2.24, 2.45) is 11.7 Å². The topological polar surface area (TPSA) is 363 Å². The van der Waals surface area contributed by atoms with Crippen molar-refractivity contribution in [3.05, 3.63) is 108 Å². The van der Waals surface area contributed by atoms with Gasteiger partial charge in [0, 0.05) is 44.0 Å². The van der Waals surface area contributed by atoms with Crippen LogP contribution in [-0.2, 0) is 40.0 Å². The van der Waals surface area contributed by atoms with Crippen molar-refractivity contribution in [2.45, 2.75) is 133 Å².